The molecule has 2 N–H and O–H groups in total. The predicted octanol–water partition coefficient (Wildman–Crippen LogP) is 1.87. The molecular formula is C9H10F2N2O3. The second-order valence-electron chi connectivity index (χ2n) is 3.05. The van der Waals surface area contributed by atoms with Gasteiger partial charge in [0.1, 0.15) is 0 Å². The molecule has 0 saturated heterocycles. The highest BCUT2D eigenvalue weighted by molar-refractivity contribution is 5.49. The number of nitrogens with zero attached hydrogens (tertiary/aromatic N) is 1. The molecule has 0 heterocycles. The van der Waals surface area contributed by atoms with Crippen molar-refractivity contribution in [3.63, 3.8) is 0 Å². The van der Waals surface area contributed by atoms with Crippen LogP contribution >= 0.6 is 0 Å². The Kier molecular flexibility index (Phi) is 3.73. The Morgan fingerprint density at radius 2 is 2.12 bits per heavy atom. The third-order valence-corrected chi connectivity index (χ3v) is 2.06. The van der Waals surface area contributed by atoms with E-state index in [2.05, 4.69) is 0 Å². The van der Waals surface area contributed by atoms with Gasteiger partial charge in [-0.1, -0.05) is 6.07 Å². The predicted molar refractivity (Wildman–Crippen MR) is 52.6 cm³/mol. The fourth-order valence-electron chi connectivity index (χ4n) is 1.20. The maximum Gasteiger partial charge on any atom is 0.311 e. The Balaban J connectivity index is 3.16. The van der Waals surface area contributed by atoms with Crippen LogP contribution in [0.5, 0.6) is 5.75 Å². The molecule has 1 atom stereocenters. The third kappa shape index (κ3) is 2.43. The van der Waals surface area contributed by atoms with Crippen LogP contribution in [0.25, 0.3) is 0 Å². The van der Waals surface area contributed by atoms with Crippen molar-refractivity contribution in [2.24, 2.45) is 5.73 Å². The highest BCUT2D eigenvalue weighted by Crippen LogP contribution is 2.30. The average molecular weight is 232 g/mol. The van der Waals surface area contributed by atoms with Gasteiger partial charge in [-0.3, -0.25) is 10.1 Å². The SMILES string of the molecule is COc1ccc(C(N)C(F)F)cc1[N+](=O)[O-]. The van der Waals surface area contributed by atoms with Gasteiger partial charge in [-0.25, -0.2) is 8.78 Å². The molecule has 88 valence electrons. The summed E-state index contributed by atoms with van der Waals surface area (Å²) in [5, 5.41) is 10.6. The Labute approximate surface area is 90.0 Å². The monoisotopic (exact) mass is 232 g/mol. The largest absolute Gasteiger partial charge is 0.490 e. The van der Waals surface area contributed by atoms with Crippen LogP contribution in [0, 0.1) is 10.1 Å². The number of halogens is 2. The first kappa shape index (κ1) is 12.3. The van der Waals surface area contributed by atoms with E-state index < -0.39 is 17.4 Å². The van der Waals surface area contributed by atoms with Crippen molar-refractivity contribution < 1.29 is 18.4 Å². The van der Waals surface area contributed by atoms with E-state index in [4.69, 9.17) is 10.5 Å². The minimum absolute atomic E-state index is 0.00231. The van der Waals surface area contributed by atoms with E-state index in [-0.39, 0.29) is 17.0 Å². The maximum absolute atomic E-state index is 12.3. The number of hydrogen-bond acceptors (Lipinski definition) is 4. The van der Waals surface area contributed by atoms with Crippen LogP contribution in [0.3, 0.4) is 0 Å². The van der Waals surface area contributed by atoms with Gasteiger partial charge in [0, 0.05) is 6.07 Å². The van der Waals surface area contributed by atoms with E-state index in [1.165, 1.54) is 19.2 Å². The highest BCUT2D eigenvalue weighted by Gasteiger charge is 2.22. The Morgan fingerprint density at radius 1 is 1.50 bits per heavy atom. The highest BCUT2D eigenvalue weighted by atomic mass is 19.3. The van der Waals surface area contributed by atoms with Crippen LogP contribution in [0.2, 0.25) is 0 Å². The molecule has 0 aliphatic rings. The summed E-state index contributed by atoms with van der Waals surface area (Å²) in [6.07, 6.45) is -2.77. The van der Waals surface area contributed by atoms with Gasteiger partial charge in [-0.2, -0.15) is 0 Å². The van der Waals surface area contributed by atoms with Crippen molar-refractivity contribution in [2.45, 2.75) is 12.5 Å². The average Bonchev–Trinajstić information content (AvgIpc) is 2.26. The number of benzene rings is 1. The van der Waals surface area contributed by atoms with Crippen molar-refractivity contribution in [1.29, 1.82) is 0 Å². The van der Waals surface area contributed by atoms with E-state index in [1.54, 1.807) is 0 Å². The lowest BCUT2D eigenvalue weighted by molar-refractivity contribution is -0.385. The molecule has 1 unspecified atom stereocenters. The van der Waals surface area contributed by atoms with Crippen LogP contribution in [-0.2, 0) is 0 Å². The zero-order chi connectivity index (χ0) is 12.3. The molecule has 0 bridgehead atoms. The smallest absolute Gasteiger partial charge is 0.311 e. The molecule has 0 radical (unpaired) electrons. The topological polar surface area (TPSA) is 78.4 Å². The number of alkyl halides is 2. The maximum atomic E-state index is 12.3. The second-order valence-corrected chi connectivity index (χ2v) is 3.05. The van der Waals surface area contributed by atoms with E-state index in [1.807, 2.05) is 0 Å². The van der Waals surface area contributed by atoms with Gasteiger partial charge in [-0.05, 0) is 11.6 Å². The molecule has 0 saturated carbocycles. The lowest BCUT2D eigenvalue weighted by Crippen LogP contribution is -2.19. The second kappa shape index (κ2) is 4.84. The fraction of sp³-hybridized carbons (Fsp3) is 0.333. The number of ether oxygens (including phenoxy) is 1. The number of nitro groups is 1. The van der Waals surface area contributed by atoms with Crippen LogP contribution in [0.1, 0.15) is 11.6 Å². The zero-order valence-electron chi connectivity index (χ0n) is 8.39. The Morgan fingerprint density at radius 3 is 2.56 bits per heavy atom. The summed E-state index contributed by atoms with van der Waals surface area (Å²) in [6.45, 7) is 0. The normalized spacial score (nSPS) is 12.6. The summed E-state index contributed by atoms with van der Waals surface area (Å²) in [6, 6.07) is 1.98. The molecule has 16 heavy (non-hydrogen) atoms. The lowest BCUT2D eigenvalue weighted by atomic mass is 10.1. The van der Waals surface area contributed by atoms with E-state index >= 15 is 0 Å². The van der Waals surface area contributed by atoms with Gasteiger partial charge in [0.25, 0.3) is 6.43 Å². The van der Waals surface area contributed by atoms with Crippen molar-refractivity contribution in [2.75, 3.05) is 7.11 Å². The number of nitrogens with two attached hydrogens (primary N) is 1. The molecule has 1 rings (SSSR count). The lowest BCUT2D eigenvalue weighted by Gasteiger charge is -2.11. The van der Waals surface area contributed by atoms with E-state index in [9.17, 15) is 18.9 Å². The summed E-state index contributed by atoms with van der Waals surface area (Å²) in [7, 11) is 1.26. The molecule has 1 aromatic rings. The van der Waals surface area contributed by atoms with Gasteiger partial charge in [-0.15, -0.1) is 0 Å². The molecule has 1 aromatic carbocycles. The van der Waals surface area contributed by atoms with Gasteiger partial charge in [0.15, 0.2) is 5.75 Å². The van der Waals surface area contributed by atoms with Crippen molar-refractivity contribution >= 4 is 5.69 Å². The van der Waals surface area contributed by atoms with Crippen LogP contribution in [0.4, 0.5) is 14.5 Å². The molecular weight excluding hydrogens is 222 g/mol. The summed E-state index contributed by atoms with van der Waals surface area (Å²) in [5.41, 5.74) is 4.81. The van der Waals surface area contributed by atoms with Crippen molar-refractivity contribution in [3.05, 3.63) is 33.9 Å². The van der Waals surface area contributed by atoms with E-state index in [0.717, 1.165) is 6.07 Å². The molecule has 0 amide bonds. The molecule has 0 aromatic heterocycles. The van der Waals surface area contributed by atoms with Gasteiger partial charge < -0.3 is 10.5 Å². The standard InChI is InChI=1S/C9H10F2N2O3/c1-16-7-3-2-5(8(12)9(10)11)4-6(7)13(14)15/h2-4,8-9H,12H2,1H3. The number of nitro benzene ring substituents is 1. The number of rotatable bonds is 4. The first-order valence-corrected chi connectivity index (χ1v) is 4.33. The number of hydrogen-bond donors (Lipinski definition) is 1. The zero-order valence-corrected chi connectivity index (χ0v) is 8.39. The van der Waals surface area contributed by atoms with Crippen molar-refractivity contribution in [1.82, 2.24) is 0 Å². The van der Waals surface area contributed by atoms with Gasteiger partial charge in [0.05, 0.1) is 18.1 Å². The summed E-state index contributed by atoms with van der Waals surface area (Å²) in [4.78, 5) is 9.91. The van der Waals surface area contributed by atoms with Crippen LogP contribution in [0.15, 0.2) is 18.2 Å². The van der Waals surface area contributed by atoms with Gasteiger partial charge >= 0.3 is 5.69 Å². The quantitative estimate of drug-likeness (QED) is 0.634. The number of methoxy groups -OCH3 is 1. The summed E-state index contributed by atoms with van der Waals surface area (Å²) < 4.78 is 29.3. The minimum Gasteiger partial charge on any atom is -0.490 e. The van der Waals surface area contributed by atoms with Crippen LogP contribution < -0.4 is 10.5 Å². The molecule has 7 heteroatoms. The van der Waals surface area contributed by atoms with E-state index in [0.29, 0.717) is 0 Å². The Bertz CT molecular complexity index is 398. The molecule has 0 aliphatic heterocycles. The first-order chi connectivity index (χ1) is 7.47. The minimum atomic E-state index is -2.77. The Hall–Kier alpha value is -1.76. The summed E-state index contributed by atoms with van der Waals surface area (Å²) in [5.74, 6) is 0.00946. The third-order valence-electron chi connectivity index (χ3n) is 2.06. The van der Waals surface area contributed by atoms with Gasteiger partial charge in [0.2, 0.25) is 0 Å². The molecule has 0 aliphatic carbocycles. The molecule has 5 nitrogen and oxygen atoms in total. The first-order valence-electron chi connectivity index (χ1n) is 4.33. The fourth-order valence-corrected chi connectivity index (χ4v) is 1.20. The molecule has 0 spiro atoms. The summed E-state index contributed by atoms with van der Waals surface area (Å²) >= 11 is 0. The van der Waals surface area contributed by atoms with Crippen LogP contribution in [-0.4, -0.2) is 18.5 Å². The molecule has 0 fully saturated rings. The van der Waals surface area contributed by atoms with Crippen molar-refractivity contribution in [3.8, 4) is 5.75 Å².